The quantitative estimate of drug-likeness (QED) is 0.203. The molecule has 2 aromatic carbocycles. The smallest absolute Gasteiger partial charge is 0.264 e. The Hall–Kier alpha value is -2.73. The van der Waals surface area contributed by atoms with Gasteiger partial charge in [0.15, 0.2) is 0 Å². The highest BCUT2D eigenvalue weighted by atomic mass is 35.5. The molecule has 3 aliphatic rings. The summed E-state index contributed by atoms with van der Waals surface area (Å²) in [5.74, 6) is -0.116. The highest BCUT2D eigenvalue weighted by Crippen LogP contribution is 2.38. The fraction of sp³-hybridized carbons (Fsp3) is 0.500. The first-order valence-electron chi connectivity index (χ1n) is 17.0. The van der Waals surface area contributed by atoms with Gasteiger partial charge in [0.1, 0.15) is 6.61 Å². The number of ether oxygens (including phenoxy) is 2. The first-order chi connectivity index (χ1) is 23.3. The number of aromatic nitrogens is 1. The Morgan fingerprint density at radius 1 is 0.958 bits per heavy atom. The highest BCUT2D eigenvalue weighted by Gasteiger charge is 2.40. The molecule has 2 saturated heterocycles. The Morgan fingerprint density at radius 2 is 1.75 bits per heavy atom. The molecule has 9 nitrogen and oxygen atoms in total. The van der Waals surface area contributed by atoms with Gasteiger partial charge >= 0.3 is 0 Å². The third-order valence-electron chi connectivity index (χ3n) is 9.85. The van der Waals surface area contributed by atoms with Crippen molar-refractivity contribution < 1.29 is 22.7 Å². The molecule has 3 aromatic rings. The van der Waals surface area contributed by atoms with Gasteiger partial charge in [0.2, 0.25) is 5.91 Å². The number of rotatable bonds is 12. The minimum absolute atomic E-state index is 0.0498. The molecule has 1 atom stereocenters. The Bertz CT molecular complexity index is 1650. The maximum Gasteiger partial charge on any atom is 0.264 e. The first-order valence-corrected chi connectivity index (χ1v) is 19.2. The number of aryl methyl sites for hydroxylation is 1. The lowest BCUT2D eigenvalue weighted by Gasteiger charge is -2.42. The SMILES string of the molecule is O=C(COCC1CCc2ccccc2N1S(=O)(=O)c1ccc(Cl)c(Cl)c1)N1CCC(OCCCN2CCCCC2)(c2cccnc2)CC1. The highest BCUT2D eigenvalue weighted by molar-refractivity contribution is 7.92. The normalized spacial score (nSPS) is 20.0. The van der Waals surface area contributed by atoms with E-state index >= 15 is 0 Å². The molecule has 3 aliphatic heterocycles. The van der Waals surface area contributed by atoms with Gasteiger partial charge in [-0.1, -0.05) is 53.9 Å². The van der Waals surface area contributed by atoms with Crippen LogP contribution in [-0.2, 0) is 36.3 Å². The van der Waals surface area contributed by atoms with Gasteiger partial charge in [-0.05, 0) is 93.9 Å². The molecule has 1 aromatic heterocycles. The van der Waals surface area contributed by atoms with Crippen LogP contribution in [0.15, 0.2) is 71.9 Å². The summed E-state index contributed by atoms with van der Waals surface area (Å²) in [6, 6.07) is 15.3. The summed E-state index contributed by atoms with van der Waals surface area (Å²) in [5.41, 5.74) is 2.11. The summed E-state index contributed by atoms with van der Waals surface area (Å²) in [6.45, 7) is 5.08. The van der Waals surface area contributed by atoms with E-state index in [4.69, 9.17) is 32.7 Å². The van der Waals surface area contributed by atoms with E-state index in [-0.39, 0.29) is 34.1 Å². The number of piperidine rings is 2. The number of amides is 1. The largest absolute Gasteiger partial charge is 0.370 e. The fourth-order valence-corrected chi connectivity index (χ4v) is 9.27. The zero-order valence-corrected chi connectivity index (χ0v) is 29.6. The van der Waals surface area contributed by atoms with Crippen LogP contribution in [-0.4, -0.2) is 87.7 Å². The number of hydrogen-bond donors (Lipinski definition) is 0. The van der Waals surface area contributed by atoms with E-state index in [9.17, 15) is 13.2 Å². The summed E-state index contributed by atoms with van der Waals surface area (Å²) >= 11 is 12.3. The van der Waals surface area contributed by atoms with Crippen molar-refractivity contribution in [1.29, 1.82) is 0 Å². The van der Waals surface area contributed by atoms with Crippen LogP contribution in [0.3, 0.4) is 0 Å². The second-order valence-electron chi connectivity index (χ2n) is 12.9. The molecule has 0 bridgehead atoms. The maximum absolute atomic E-state index is 14.0. The molecule has 258 valence electrons. The zero-order valence-electron chi connectivity index (χ0n) is 27.2. The van der Waals surface area contributed by atoms with E-state index in [1.807, 2.05) is 35.4 Å². The molecule has 1 unspecified atom stereocenters. The van der Waals surface area contributed by atoms with Crippen molar-refractivity contribution in [1.82, 2.24) is 14.8 Å². The van der Waals surface area contributed by atoms with Gasteiger partial charge in [-0.2, -0.15) is 0 Å². The van der Waals surface area contributed by atoms with E-state index in [1.54, 1.807) is 12.3 Å². The van der Waals surface area contributed by atoms with Crippen molar-refractivity contribution in [3.63, 3.8) is 0 Å². The van der Waals surface area contributed by atoms with E-state index in [1.165, 1.54) is 54.9 Å². The van der Waals surface area contributed by atoms with Gasteiger partial charge in [-0.15, -0.1) is 0 Å². The Kier molecular flexibility index (Phi) is 11.6. The third-order valence-corrected chi connectivity index (χ3v) is 12.4. The molecule has 48 heavy (non-hydrogen) atoms. The van der Waals surface area contributed by atoms with Crippen molar-refractivity contribution in [3.8, 4) is 0 Å². The minimum Gasteiger partial charge on any atom is -0.370 e. The molecule has 0 N–H and O–H groups in total. The lowest BCUT2D eigenvalue weighted by Crippen LogP contribution is -2.49. The van der Waals surface area contributed by atoms with Crippen LogP contribution < -0.4 is 4.31 Å². The second-order valence-corrected chi connectivity index (χ2v) is 15.6. The Labute approximate surface area is 294 Å². The first kappa shape index (κ1) is 35.1. The Balaban J connectivity index is 1.06. The molecule has 0 saturated carbocycles. The zero-order chi connectivity index (χ0) is 33.6. The van der Waals surface area contributed by atoms with Crippen molar-refractivity contribution in [2.75, 3.05) is 56.8 Å². The summed E-state index contributed by atoms with van der Waals surface area (Å²) in [4.78, 5) is 22.1. The number of likely N-dealkylation sites (tertiary alicyclic amines) is 2. The topological polar surface area (TPSA) is 92.3 Å². The number of hydrogen-bond acceptors (Lipinski definition) is 7. The minimum atomic E-state index is -4.00. The average Bonchev–Trinajstić information content (AvgIpc) is 3.12. The fourth-order valence-electron chi connectivity index (χ4n) is 7.18. The van der Waals surface area contributed by atoms with Gasteiger partial charge in [-0.3, -0.25) is 14.1 Å². The van der Waals surface area contributed by atoms with E-state index < -0.39 is 21.7 Å². The van der Waals surface area contributed by atoms with Crippen LogP contribution in [0.4, 0.5) is 5.69 Å². The van der Waals surface area contributed by atoms with Gasteiger partial charge in [0.25, 0.3) is 10.0 Å². The van der Waals surface area contributed by atoms with E-state index in [0.29, 0.717) is 51.1 Å². The number of benzene rings is 2. The van der Waals surface area contributed by atoms with Gasteiger partial charge < -0.3 is 19.3 Å². The number of carbonyl (C=O) groups excluding carboxylic acids is 1. The number of nitrogens with zero attached hydrogens (tertiary/aromatic N) is 4. The van der Waals surface area contributed by atoms with Crippen molar-refractivity contribution in [2.45, 2.75) is 67.9 Å². The average molecular weight is 716 g/mol. The van der Waals surface area contributed by atoms with Gasteiger partial charge in [-0.25, -0.2) is 8.42 Å². The monoisotopic (exact) mass is 714 g/mol. The molecular weight excluding hydrogens is 671 g/mol. The predicted octanol–water partition coefficient (Wildman–Crippen LogP) is 6.33. The van der Waals surface area contributed by atoms with Crippen molar-refractivity contribution in [2.24, 2.45) is 0 Å². The van der Waals surface area contributed by atoms with Crippen LogP contribution in [0.25, 0.3) is 0 Å². The lowest BCUT2D eigenvalue weighted by molar-refractivity contribution is -0.144. The van der Waals surface area contributed by atoms with Crippen LogP contribution in [0.1, 0.15) is 56.1 Å². The number of fused-ring (bicyclic) bond motifs is 1. The van der Waals surface area contributed by atoms with Crippen molar-refractivity contribution in [3.05, 3.63) is 88.2 Å². The number of carbonyl (C=O) groups is 1. The molecule has 1 amide bonds. The number of halogens is 2. The van der Waals surface area contributed by atoms with Gasteiger partial charge in [0, 0.05) is 44.2 Å². The van der Waals surface area contributed by atoms with Crippen LogP contribution >= 0.6 is 23.2 Å². The lowest BCUT2D eigenvalue weighted by atomic mass is 9.85. The summed E-state index contributed by atoms with van der Waals surface area (Å²) < 4.78 is 42.0. The van der Waals surface area contributed by atoms with E-state index in [0.717, 1.165) is 24.1 Å². The number of para-hydroxylation sites is 1. The standard InChI is InChI=1S/C36H44Cl2N4O5S/c37-32-14-13-31(24-33(32)38)48(44,45)42-30(12-11-28-8-2-3-10-34(28)42)26-46-27-35(43)41-21-15-36(16-22-41,29-9-6-17-39-25-29)47-23-7-20-40-18-4-1-5-19-40/h2-3,6,8-10,13-14,17,24-25,30H,1,4-5,7,11-12,15-16,18-23,26-27H2. The molecular formula is C36H44Cl2N4O5S. The molecule has 2 fully saturated rings. The van der Waals surface area contributed by atoms with E-state index in [2.05, 4.69) is 16.0 Å². The number of pyridine rings is 1. The molecule has 0 aliphatic carbocycles. The molecule has 4 heterocycles. The Morgan fingerprint density at radius 3 is 2.50 bits per heavy atom. The molecule has 0 spiro atoms. The maximum atomic E-state index is 14.0. The molecule has 0 radical (unpaired) electrons. The van der Waals surface area contributed by atoms with Gasteiger partial charge in [0.05, 0.1) is 38.9 Å². The molecule has 12 heteroatoms. The van der Waals surface area contributed by atoms with Crippen molar-refractivity contribution >= 4 is 44.8 Å². The van der Waals surface area contributed by atoms with Crippen LogP contribution in [0.5, 0.6) is 0 Å². The third kappa shape index (κ3) is 8.01. The summed E-state index contributed by atoms with van der Waals surface area (Å²) in [5, 5.41) is 0.446. The number of sulfonamides is 1. The van der Waals surface area contributed by atoms with Crippen LogP contribution in [0.2, 0.25) is 10.0 Å². The second kappa shape index (κ2) is 15.9. The predicted molar refractivity (Wildman–Crippen MR) is 188 cm³/mol. The van der Waals surface area contributed by atoms with Crippen LogP contribution in [0, 0.1) is 0 Å². The molecule has 6 rings (SSSR count). The number of anilines is 1. The summed E-state index contributed by atoms with van der Waals surface area (Å²) in [6.07, 6.45) is 11.1. The summed E-state index contributed by atoms with van der Waals surface area (Å²) in [7, 11) is -4.00.